The van der Waals surface area contributed by atoms with Gasteiger partial charge in [-0.25, -0.2) is 0 Å². The molecule has 0 bridgehead atoms. The van der Waals surface area contributed by atoms with Crippen molar-refractivity contribution < 1.29 is 9.53 Å². The topological polar surface area (TPSA) is 120 Å². The normalized spacial score (nSPS) is 10.4. The van der Waals surface area contributed by atoms with Gasteiger partial charge in [0, 0.05) is 5.92 Å². The summed E-state index contributed by atoms with van der Waals surface area (Å²) in [6, 6.07) is 9.32. The molecule has 0 saturated heterocycles. The van der Waals surface area contributed by atoms with Crippen LogP contribution >= 0.6 is 0 Å². The molecule has 0 aliphatic heterocycles. The van der Waals surface area contributed by atoms with Crippen LogP contribution in [-0.4, -0.2) is 15.9 Å². The molecule has 8 heteroatoms. The number of rotatable bonds is 6. The zero-order valence-corrected chi connectivity index (χ0v) is 12.8. The SMILES string of the molecule is CC(C)C(=O)Nc1nc(N)nc(OCc2ccccc2)c1N=O. The van der Waals surface area contributed by atoms with Crippen LogP contribution in [0.1, 0.15) is 19.4 Å². The van der Waals surface area contributed by atoms with Crippen LogP contribution < -0.4 is 15.8 Å². The molecule has 0 aliphatic rings. The molecular formula is C15H17N5O3. The summed E-state index contributed by atoms with van der Waals surface area (Å²) in [5.41, 5.74) is 6.30. The van der Waals surface area contributed by atoms with Gasteiger partial charge in [0.05, 0.1) is 0 Å². The highest BCUT2D eigenvalue weighted by atomic mass is 16.5. The number of hydrogen-bond donors (Lipinski definition) is 2. The first-order chi connectivity index (χ1) is 11.0. The molecule has 0 spiro atoms. The van der Waals surface area contributed by atoms with Crippen molar-refractivity contribution in [3.8, 4) is 5.88 Å². The van der Waals surface area contributed by atoms with E-state index in [9.17, 15) is 9.70 Å². The van der Waals surface area contributed by atoms with E-state index in [1.54, 1.807) is 13.8 Å². The third kappa shape index (κ3) is 4.22. The van der Waals surface area contributed by atoms with E-state index in [0.717, 1.165) is 5.56 Å². The van der Waals surface area contributed by atoms with E-state index in [2.05, 4.69) is 20.5 Å². The molecule has 0 atom stereocenters. The molecule has 0 saturated carbocycles. The standard InChI is InChI=1S/C15H17N5O3/c1-9(2)13(21)17-12-11(20-22)14(19-15(16)18-12)23-8-10-6-4-3-5-7-10/h3-7,9H,8H2,1-2H3,(H3,16,17,18,19,21). The van der Waals surface area contributed by atoms with E-state index >= 15 is 0 Å². The van der Waals surface area contributed by atoms with Crippen molar-refractivity contribution >= 4 is 23.4 Å². The van der Waals surface area contributed by atoms with Gasteiger partial charge in [0.2, 0.25) is 17.5 Å². The molecule has 1 heterocycles. The molecule has 0 aliphatic carbocycles. The molecule has 0 radical (unpaired) electrons. The molecule has 1 amide bonds. The Balaban J connectivity index is 2.26. The molecule has 2 rings (SSSR count). The van der Waals surface area contributed by atoms with Crippen LogP contribution in [-0.2, 0) is 11.4 Å². The number of anilines is 2. The number of nitrogens with zero attached hydrogens (tertiary/aromatic N) is 3. The third-order valence-corrected chi connectivity index (χ3v) is 2.94. The van der Waals surface area contributed by atoms with E-state index in [1.807, 2.05) is 30.3 Å². The zero-order chi connectivity index (χ0) is 16.8. The summed E-state index contributed by atoms with van der Waals surface area (Å²) in [4.78, 5) is 30.6. The van der Waals surface area contributed by atoms with Gasteiger partial charge in [0.15, 0.2) is 5.82 Å². The number of nitroso groups, excluding NO2 is 1. The first kappa shape index (κ1) is 16.3. The molecule has 23 heavy (non-hydrogen) atoms. The Kier molecular flexibility index (Phi) is 5.19. The van der Waals surface area contributed by atoms with Gasteiger partial charge < -0.3 is 15.8 Å². The fourth-order valence-corrected chi connectivity index (χ4v) is 1.71. The highest BCUT2D eigenvalue weighted by molar-refractivity contribution is 5.94. The summed E-state index contributed by atoms with van der Waals surface area (Å²) >= 11 is 0. The Morgan fingerprint density at radius 2 is 2.00 bits per heavy atom. The number of carbonyl (C=O) groups excluding carboxylic acids is 1. The number of benzene rings is 1. The maximum Gasteiger partial charge on any atom is 0.251 e. The highest BCUT2D eigenvalue weighted by Crippen LogP contribution is 2.33. The van der Waals surface area contributed by atoms with Crippen molar-refractivity contribution in [3.05, 3.63) is 40.8 Å². The minimum Gasteiger partial charge on any atom is -0.471 e. The lowest BCUT2D eigenvalue weighted by molar-refractivity contribution is -0.118. The predicted octanol–water partition coefficient (Wildman–Crippen LogP) is 2.63. The van der Waals surface area contributed by atoms with Crippen LogP contribution in [0, 0.1) is 10.8 Å². The summed E-state index contributed by atoms with van der Waals surface area (Å²) in [6.07, 6.45) is 0. The van der Waals surface area contributed by atoms with Gasteiger partial charge in [-0.05, 0) is 10.7 Å². The molecule has 120 valence electrons. The predicted molar refractivity (Wildman–Crippen MR) is 86.1 cm³/mol. The Morgan fingerprint density at radius 3 is 2.61 bits per heavy atom. The lowest BCUT2D eigenvalue weighted by Crippen LogP contribution is -2.19. The van der Waals surface area contributed by atoms with Gasteiger partial charge >= 0.3 is 0 Å². The summed E-state index contributed by atoms with van der Waals surface area (Å²) in [5, 5.41) is 5.36. The number of amides is 1. The number of nitrogen functional groups attached to an aromatic ring is 1. The fraction of sp³-hybridized carbons (Fsp3) is 0.267. The zero-order valence-electron chi connectivity index (χ0n) is 12.8. The van der Waals surface area contributed by atoms with E-state index in [0.29, 0.717) is 0 Å². The second-order valence-electron chi connectivity index (χ2n) is 5.09. The van der Waals surface area contributed by atoms with Crippen molar-refractivity contribution in [1.82, 2.24) is 9.97 Å². The quantitative estimate of drug-likeness (QED) is 0.791. The van der Waals surface area contributed by atoms with Crippen molar-refractivity contribution in [3.63, 3.8) is 0 Å². The maximum absolute atomic E-state index is 11.8. The smallest absolute Gasteiger partial charge is 0.251 e. The average molecular weight is 315 g/mol. The van der Waals surface area contributed by atoms with Gasteiger partial charge in [0.1, 0.15) is 6.61 Å². The van der Waals surface area contributed by atoms with Crippen molar-refractivity contribution in [2.75, 3.05) is 11.1 Å². The number of carbonyl (C=O) groups is 1. The van der Waals surface area contributed by atoms with E-state index in [1.165, 1.54) is 0 Å². The van der Waals surface area contributed by atoms with Gasteiger partial charge in [-0.15, -0.1) is 4.91 Å². The Labute approximate surface area is 133 Å². The van der Waals surface area contributed by atoms with Crippen LogP contribution in [0.5, 0.6) is 5.88 Å². The second kappa shape index (κ2) is 7.30. The van der Waals surface area contributed by atoms with Crippen LogP contribution in [0.4, 0.5) is 17.5 Å². The largest absolute Gasteiger partial charge is 0.471 e. The number of ether oxygens (including phenoxy) is 1. The van der Waals surface area contributed by atoms with Crippen LogP contribution in [0.25, 0.3) is 0 Å². The molecule has 1 aromatic carbocycles. The van der Waals surface area contributed by atoms with E-state index in [-0.39, 0.29) is 41.8 Å². The molecule has 1 aromatic heterocycles. The summed E-state index contributed by atoms with van der Waals surface area (Å²) in [6.45, 7) is 3.60. The molecule has 2 aromatic rings. The third-order valence-electron chi connectivity index (χ3n) is 2.94. The van der Waals surface area contributed by atoms with Crippen molar-refractivity contribution in [2.24, 2.45) is 11.1 Å². The highest BCUT2D eigenvalue weighted by Gasteiger charge is 2.19. The lowest BCUT2D eigenvalue weighted by atomic mass is 10.2. The summed E-state index contributed by atoms with van der Waals surface area (Å²) < 4.78 is 5.50. The Bertz CT molecular complexity index is 704. The number of nitrogens with two attached hydrogens (primary N) is 1. The first-order valence-electron chi connectivity index (χ1n) is 6.99. The number of hydrogen-bond acceptors (Lipinski definition) is 7. The molecular weight excluding hydrogens is 298 g/mol. The van der Waals surface area contributed by atoms with Crippen LogP contribution in [0.2, 0.25) is 0 Å². The van der Waals surface area contributed by atoms with Crippen LogP contribution in [0.3, 0.4) is 0 Å². The molecule has 8 nitrogen and oxygen atoms in total. The van der Waals surface area contributed by atoms with Gasteiger partial charge in [0.25, 0.3) is 5.88 Å². The molecule has 0 unspecified atom stereocenters. The number of aromatic nitrogens is 2. The summed E-state index contributed by atoms with van der Waals surface area (Å²) in [5.74, 6) is -0.870. The minimum atomic E-state index is -0.318. The van der Waals surface area contributed by atoms with Crippen LogP contribution in [0.15, 0.2) is 35.5 Å². The second-order valence-corrected chi connectivity index (χ2v) is 5.09. The molecule has 0 fully saturated rings. The lowest BCUT2D eigenvalue weighted by Gasteiger charge is -2.12. The van der Waals surface area contributed by atoms with Gasteiger partial charge in [-0.1, -0.05) is 44.2 Å². The monoisotopic (exact) mass is 315 g/mol. The maximum atomic E-state index is 11.8. The molecule has 3 N–H and O–H groups in total. The Morgan fingerprint density at radius 1 is 1.30 bits per heavy atom. The van der Waals surface area contributed by atoms with Gasteiger partial charge in [-0.2, -0.15) is 9.97 Å². The van der Waals surface area contributed by atoms with Gasteiger partial charge in [-0.3, -0.25) is 4.79 Å². The Hall–Kier alpha value is -3.03. The minimum absolute atomic E-state index is 0.0609. The van der Waals surface area contributed by atoms with E-state index < -0.39 is 0 Å². The first-order valence-corrected chi connectivity index (χ1v) is 6.99. The van der Waals surface area contributed by atoms with Crippen molar-refractivity contribution in [2.45, 2.75) is 20.5 Å². The summed E-state index contributed by atoms with van der Waals surface area (Å²) in [7, 11) is 0. The number of nitrogens with one attached hydrogen (secondary N) is 1. The fourth-order valence-electron chi connectivity index (χ4n) is 1.71. The van der Waals surface area contributed by atoms with Crippen molar-refractivity contribution in [1.29, 1.82) is 0 Å². The average Bonchev–Trinajstić information content (AvgIpc) is 2.53. The van der Waals surface area contributed by atoms with E-state index in [4.69, 9.17) is 10.5 Å².